The number of nitrogens with zero attached hydrogens (tertiary/aromatic N) is 1. The molecule has 3 N–H and O–H groups in total. The highest BCUT2D eigenvalue weighted by molar-refractivity contribution is 6.34. The van der Waals surface area contributed by atoms with Crippen LogP contribution >= 0.6 is 11.6 Å². The Labute approximate surface area is 147 Å². The summed E-state index contributed by atoms with van der Waals surface area (Å²) in [5.41, 5.74) is 6.05. The second kappa shape index (κ2) is 7.30. The van der Waals surface area contributed by atoms with E-state index in [1.54, 1.807) is 23.1 Å². The Morgan fingerprint density at radius 1 is 1.38 bits per heavy atom. The summed E-state index contributed by atoms with van der Waals surface area (Å²) in [4.78, 5) is 26.2. The van der Waals surface area contributed by atoms with Crippen LogP contribution in [-0.2, 0) is 4.74 Å². The molecule has 1 aliphatic heterocycles. The highest BCUT2D eigenvalue weighted by Gasteiger charge is 2.28. The van der Waals surface area contributed by atoms with Crippen LogP contribution in [0.1, 0.15) is 44.0 Å². The number of halogens is 1. The highest BCUT2D eigenvalue weighted by atomic mass is 35.5. The topological polar surface area (TPSA) is 84.7 Å². The molecule has 0 unspecified atom stereocenters. The maximum atomic E-state index is 12.6. The molecule has 1 aliphatic rings. The Bertz CT molecular complexity index is 628. The number of carbonyl (C=O) groups excluding carboxylic acids is 2. The molecule has 2 rings (SSSR count). The lowest BCUT2D eigenvalue weighted by Gasteiger charge is -2.33. The molecule has 1 aromatic rings. The first kappa shape index (κ1) is 18.4. The lowest BCUT2D eigenvalue weighted by atomic mass is 10.0. The Morgan fingerprint density at radius 2 is 2.08 bits per heavy atom. The molecule has 1 aromatic carbocycles. The summed E-state index contributed by atoms with van der Waals surface area (Å²) in [7, 11) is 0. The molecule has 24 heavy (non-hydrogen) atoms. The number of hydrogen-bond donors (Lipinski definition) is 2. The van der Waals surface area contributed by atoms with Crippen molar-refractivity contribution >= 4 is 29.3 Å². The van der Waals surface area contributed by atoms with Gasteiger partial charge < -0.3 is 20.7 Å². The van der Waals surface area contributed by atoms with Crippen LogP contribution in [0.15, 0.2) is 18.2 Å². The van der Waals surface area contributed by atoms with Gasteiger partial charge in [-0.15, -0.1) is 0 Å². The monoisotopic (exact) mass is 353 g/mol. The van der Waals surface area contributed by atoms with Gasteiger partial charge in [0.2, 0.25) is 0 Å². The number of likely N-dealkylation sites (tertiary alicyclic amines) is 1. The van der Waals surface area contributed by atoms with Crippen molar-refractivity contribution in [2.75, 3.05) is 18.8 Å². The van der Waals surface area contributed by atoms with Crippen molar-refractivity contribution < 1.29 is 14.3 Å². The number of hydrogen-bond acceptors (Lipinski definition) is 4. The van der Waals surface area contributed by atoms with Crippen LogP contribution in [-0.4, -0.2) is 41.6 Å². The fourth-order valence-corrected chi connectivity index (χ4v) is 2.90. The number of nitrogens with one attached hydrogen (secondary N) is 1. The van der Waals surface area contributed by atoms with E-state index < -0.39 is 11.7 Å². The molecular weight excluding hydrogens is 330 g/mol. The van der Waals surface area contributed by atoms with E-state index >= 15 is 0 Å². The van der Waals surface area contributed by atoms with Crippen molar-refractivity contribution in [3.05, 3.63) is 28.8 Å². The first-order valence-electron chi connectivity index (χ1n) is 7.99. The normalized spacial score (nSPS) is 18.2. The average molecular weight is 354 g/mol. The van der Waals surface area contributed by atoms with Crippen molar-refractivity contribution in [2.24, 2.45) is 0 Å². The summed E-state index contributed by atoms with van der Waals surface area (Å²) < 4.78 is 5.26. The van der Waals surface area contributed by atoms with Crippen LogP contribution in [0.4, 0.5) is 10.5 Å². The molecule has 132 valence electrons. The van der Waals surface area contributed by atoms with E-state index in [9.17, 15) is 9.59 Å². The Hall–Kier alpha value is -1.95. The van der Waals surface area contributed by atoms with E-state index in [1.807, 2.05) is 20.8 Å². The van der Waals surface area contributed by atoms with Gasteiger partial charge in [0.25, 0.3) is 5.91 Å². The van der Waals surface area contributed by atoms with Crippen molar-refractivity contribution in [2.45, 2.75) is 45.3 Å². The number of alkyl carbamates (subject to hydrolysis) is 1. The number of anilines is 1. The Morgan fingerprint density at radius 3 is 2.71 bits per heavy atom. The third-order valence-corrected chi connectivity index (χ3v) is 3.97. The molecule has 0 bridgehead atoms. The van der Waals surface area contributed by atoms with Crippen molar-refractivity contribution in [1.82, 2.24) is 10.2 Å². The molecule has 1 atom stereocenters. The van der Waals surface area contributed by atoms with Crippen LogP contribution < -0.4 is 11.1 Å². The van der Waals surface area contributed by atoms with E-state index in [0.29, 0.717) is 29.4 Å². The number of rotatable bonds is 2. The largest absolute Gasteiger partial charge is 0.444 e. The first-order valence-corrected chi connectivity index (χ1v) is 8.37. The molecule has 1 fully saturated rings. The van der Waals surface area contributed by atoms with Crippen LogP contribution in [0.25, 0.3) is 0 Å². The summed E-state index contributed by atoms with van der Waals surface area (Å²) >= 11 is 6.12. The SMILES string of the molecule is CC(C)(C)OC(=O)N[C@H]1CCCN(C(=O)c2ccc(N)cc2Cl)C1. The molecule has 0 spiro atoms. The summed E-state index contributed by atoms with van der Waals surface area (Å²) in [5, 5.41) is 3.16. The zero-order valence-electron chi connectivity index (χ0n) is 14.3. The predicted molar refractivity (Wildman–Crippen MR) is 94.2 cm³/mol. The first-order chi connectivity index (χ1) is 11.2. The minimum Gasteiger partial charge on any atom is -0.444 e. The lowest BCUT2D eigenvalue weighted by Crippen LogP contribution is -2.50. The van der Waals surface area contributed by atoms with Gasteiger partial charge in [-0.1, -0.05) is 11.6 Å². The quantitative estimate of drug-likeness (QED) is 0.800. The molecule has 0 aromatic heterocycles. The van der Waals surface area contributed by atoms with Crippen LogP contribution in [0.5, 0.6) is 0 Å². The second-order valence-electron chi connectivity index (χ2n) is 6.98. The van der Waals surface area contributed by atoms with Gasteiger partial charge in [-0.25, -0.2) is 4.79 Å². The predicted octanol–water partition coefficient (Wildman–Crippen LogP) is 3.05. The van der Waals surface area contributed by atoms with Crippen LogP contribution in [0, 0.1) is 0 Å². The number of nitrogen functional groups attached to an aromatic ring is 1. The number of benzene rings is 1. The van der Waals surface area contributed by atoms with Crippen LogP contribution in [0.3, 0.4) is 0 Å². The van der Waals surface area contributed by atoms with Crippen molar-refractivity contribution in [3.8, 4) is 0 Å². The molecule has 6 nitrogen and oxygen atoms in total. The van der Waals surface area contributed by atoms with Gasteiger partial charge in [-0.3, -0.25) is 4.79 Å². The van der Waals surface area contributed by atoms with E-state index in [0.717, 1.165) is 12.8 Å². The van der Waals surface area contributed by atoms with E-state index in [-0.39, 0.29) is 11.9 Å². The summed E-state index contributed by atoms with van der Waals surface area (Å²) in [6.45, 7) is 6.50. The standard InChI is InChI=1S/C17H24ClN3O3/c1-17(2,3)24-16(23)20-12-5-4-8-21(10-12)15(22)13-7-6-11(19)9-14(13)18/h6-7,9,12H,4-5,8,10,19H2,1-3H3,(H,20,23)/t12-/m0/s1. The summed E-state index contributed by atoms with van der Waals surface area (Å²) in [5.74, 6) is -0.157. The smallest absolute Gasteiger partial charge is 0.407 e. The number of nitrogens with two attached hydrogens (primary N) is 1. The van der Waals surface area contributed by atoms with E-state index in [1.165, 1.54) is 0 Å². The molecule has 0 saturated carbocycles. The van der Waals surface area contributed by atoms with Gasteiger partial charge in [0.1, 0.15) is 5.60 Å². The van der Waals surface area contributed by atoms with Gasteiger partial charge in [-0.05, 0) is 51.8 Å². The van der Waals surface area contributed by atoms with Crippen LogP contribution in [0.2, 0.25) is 5.02 Å². The minimum atomic E-state index is -0.550. The maximum Gasteiger partial charge on any atom is 0.407 e. The van der Waals surface area contributed by atoms with Gasteiger partial charge >= 0.3 is 6.09 Å². The van der Waals surface area contributed by atoms with Gasteiger partial charge in [-0.2, -0.15) is 0 Å². The zero-order chi connectivity index (χ0) is 17.9. The lowest BCUT2D eigenvalue weighted by molar-refractivity contribution is 0.0452. The third kappa shape index (κ3) is 5.03. The molecular formula is C17H24ClN3O3. The molecule has 1 saturated heterocycles. The average Bonchev–Trinajstić information content (AvgIpc) is 2.44. The van der Waals surface area contributed by atoms with E-state index in [2.05, 4.69) is 5.32 Å². The van der Waals surface area contributed by atoms with Gasteiger partial charge in [0, 0.05) is 24.8 Å². The zero-order valence-corrected chi connectivity index (χ0v) is 15.0. The summed E-state index contributed by atoms with van der Waals surface area (Å²) in [6, 6.07) is 4.71. The maximum absolute atomic E-state index is 12.6. The van der Waals surface area contributed by atoms with Crippen molar-refractivity contribution in [3.63, 3.8) is 0 Å². The number of amides is 2. The fourth-order valence-electron chi connectivity index (χ4n) is 2.63. The van der Waals surface area contributed by atoms with Gasteiger partial charge in [0.05, 0.1) is 10.6 Å². The molecule has 7 heteroatoms. The fraction of sp³-hybridized carbons (Fsp3) is 0.529. The Kier molecular flexibility index (Phi) is 5.59. The molecule has 2 amide bonds. The number of carbonyl (C=O) groups is 2. The summed E-state index contributed by atoms with van der Waals surface area (Å²) in [6.07, 6.45) is 1.14. The third-order valence-electron chi connectivity index (χ3n) is 3.65. The van der Waals surface area contributed by atoms with Crippen molar-refractivity contribution in [1.29, 1.82) is 0 Å². The molecule has 0 aliphatic carbocycles. The van der Waals surface area contributed by atoms with Gasteiger partial charge in [0.15, 0.2) is 0 Å². The molecule has 0 radical (unpaired) electrons. The second-order valence-corrected chi connectivity index (χ2v) is 7.38. The number of piperidine rings is 1. The highest BCUT2D eigenvalue weighted by Crippen LogP contribution is 2.22. The molecule has 1 heterocycles. The Balaban J connectivity index is 1.99. The van der Waals surface area contributed by atoms with E-state index in [4.69, 9.17) is 22.1 Å². The minimum absolute atomic E-state index is 0.134. The number of ether oxygens (including phenoxy) is 1.